The van der Waals surface area contributed by atoms with Gasteiger partial charge in [-0.05, 0) is 42.7 Å². The lowest BCUT2D eigenvalue weighted by atomic mass is 9.96. The lowest BCUT2D eigenvalue weighted by Crippen LogP contribution is -2.26. The maximum absolute atomic E-state index is 12.9. The second kappa shape index (κ2) is 4.58. The Morgan fingerprint density at radius 1 is 1.17 bits per heavy atom. The summed E-state index contributed by atoms with van der Waals surface area (Å²) in [5, 5.41) is 3.42. The van der Waals surface area contributed by atoms with Crippen molar-refractivity contribution in [2.24, 2.45) is 0 Å². The molecule has 2 nitrogen and oxygen atoms in total. The minimum atomic E-state index is -0.168. The number of halogens is 1. The number of rotatable bonds is 5. The summed E-state index contributed by atoms with van der Waals surface area (Å²) in [4.78, 5) is 0. The van der Waals surface area contributed by atoms with Gasteiger partial charge in [0.05, 0.1) is 12.8 Å². The molecule has 3 heteroatoms. The van der Waals surface area contributed by atoms with Crippen molar-refractivity contribution in [2.45, 2.75) is 24.8 Å². The smallest absolute Gasteiger partial charge is 0.123 e. The quantitative estimate of drug-likeness (QED) is 0.874. The summed E-state index contributed by atoms with van der Waals surface area (Å²) in [6.07, 6.45) is 4.03. The van der Waals surface area contributed by atoms with Gasteiger partial charge in [-0.3, -0.25) is 0 Å². The maximum atomic E-state index is 12.9. The molecule has 0 bridgehead atoms. The summed E-state index contributed by atoms with van der Waals surface area (Å²) in [5.74, 6) is 0.781. The van der Waals surface area contributed by atoms with Crippen molar-refractivity contribution in [3.05, 3.63) is 59.8 Å². The van der Waals surface area contributed by atoms with Crippen molar-refractivity contribution in [1.82, 2.24) is 5.32 Å². The van der Waals surface area contributed by atoms with E-state index in [1.165, 1.54) is 18.4 Å². The van der Waals surface area contributed by atoms with Gasteiger partial charge in [0.25, 0.3) is 0 Å². The van der Waals surface area contributed by atoms with Gasteiger partial charge in [-0.2, -0.15) is 0 Å². The first-order valence-electron chi connectivity index (χ1n) is 6.28. The van der Waals surface area contributed by atoms with Gasteiger partial charge < -0.3 is 9.73 Å². The fourth-order valence-corrected chi connectivity index (χ4v) is 2.36. The lowest BCUT2D eigenvalue weighted by molar-refractivity contribution is 0.469. The minimum absolute atomic E-state index is 0.168. The van der Waals surface area contributed by atoms with Gasteiger partial charge in [0.2, 0.25) is 0 Å². The number of hydrogen-bond acceptors (Lipinski definition) is 2. The maximum Gasteiger partial charge on any atom is 0.123 e. The Kier molecular flexibility index (Phi) is 2.92. The van der Waals surface area contributed by atoms with Gasteiger partial charge in [-0.15, -0.1) is 0 Å². The molecule has 1 fully saturated rings. The highest BCUT2D eigenvalue weighted by atomic mass is 19.1. The van der Waals surface area contributed by atoms with E-state index in [4.69, 9.17) is 4.42 Å². The van der Waals surface area contributed by atoms with Gasteiger partial charge in [0.15, 0.2) is 0 Å². The van der Waals surface area contributed by atoms with E-state index < -0.39 is 0 Å². The van der Waals surface area contributed by atoms with Crippen molar-refractivity contribution in [3.63, 3.8) is 0 Å². The second-order valence-corrected chi connectivity index (χ2v) is 4.97. The molecular weight excluding hydrogens is 229 g/mol. The van der Waals surface area contributed by atoms with Crippen LogP contribution in [0.25, 0.3) is 0 Å². The molecule has 1 heterocycles. The van der Waals surface area contributed by atoms with Crippen molar-refractivity contribution < 1.29 is 8.81 Å². The summed E-state index contributed by atoms with van der Waals surface area (Å²) in [6.45, 7) is 1.66. The summed E-state index contributed by atoms with van der Waals surface area (Å²) in [5.41, 5.74) is 1.44. The normalized spacial score (nSPS) is 16.7. The molecule has 1 saturated carbocycles. The molecule has 0 radical (unpaired) electrons. The van der Waals surface area contributed by atoms with Crippen LogP contribution in [0.15, 0.2) is 47.1 Å². The third-order valence-electron chi connectivity index (χ3n) is 3.65. The van der Waals surface area contributed by atoms with E-state index in [1.807, 2.05) is 24.3 Å². The molecule has 0 atom stereocenters. The van der Waals surface area contributed by atoms with Gasteiger partial charge in [-0.25, -0.2) is 4.39 Å². The van der Waals surface area contributed by atoms with E-state index in [1.54, 1.807) is 18.4 Å². The Hall–Kier alpha value is -1.61. The first-order valence-corrected chi connectivity index (χ1v) is 6.28. The van der Waals surface area contributed by atoms with Crippen LogP contribution < -0.4 is 5.32 Å². The van der Waals surface area contributed by atoms with E-state index >= 15 is 0 Å². The minimum Gasteiger partial charge on any atom is -0.468 e. The highest BCUT2D eigenvalue weighted by Gasteiger charge is 2.43. The molecule has 0 spiro atoms. The first-order chi connectivity index (χ1) is 8.78. The Balaban J connectivity index is 1.60. The van der Waals surface area contributed by atoms with Crippen molar-refractivity contribution in [2.75, 3.05) is 6.54 Å². The predicted molar refractivity (Wildman–Crippen MR) is 67.7 cm³/mol. The monoisotopic (exact) mass is 245 g/mol. The number of hydrogen-bond donors (Lipinski definition) is 1. The van der Waals surface area contributed by atoms with Gasteiger partial charge >= 0.3 is 0 Å². The zero-order valence-corrected chi connectivity index (χ0v) is 10.2. The van der Waals surface area contributed by atoms with E-state index in [0.29, 0.717) is 0 Å². The zero-order chi connectivity index (χ0) is 12.4. The van der Waals surface area contributed by atoms with Gasteiger partial charge in [-0.1, -0.05) is 12.1 Å². The highest BCUT2D eigenvalue weighted by Crippen LogP contribution is 2.47. The molecule has 0 amide bonds. The Morgan fingerprint density at radius 3 is 2.56 bits per heavy atom. The van der Waals surface area contributed by atoms with Crippen LogP contribution in [0.2, 0.25) is 0 Å². The Labute approximate surface area is 106 Å². The Bertz CT molecular complexity index is 500. The third kappa shape index (κ3) is 2.31. The molecule has 0 aliphatic heterocycles. The molecule has 1 aromatic carbocycles. The third-order valence-corrected chi connectivity index (χ3v) is 3.65. The lowest BCUT2D eigenvalue weighted by Gasteiger charge is -2.16. The zero-order valence-electron chi connectivity index (χ0n) is 10.2. The average Bonchev–Trinajstić information content (AvgIpc) is 2.98. The number of furan rings is 1. The van der Waals surface area contributed by atoms with E-state index in [-0.39, 0.29) is 11.2 Å². The molecule has 1 aliphatic rings. The van der Waals surface area contributed by atoms with Crippen LogP contribution in [0.1, 0.15) is 24.2 Å². The van der Waals surface area contributed by atoms with Gasteiger partial charge in [0.1, 0.15) is 11.6 Å². The van der Waals surface area contributed by atoms with Crippen LogP contribution in [0.5, 0.6) is 0 Å². The van der Waals surface area contributed by atoms with Crippen LogP contribution >= 0.6 is 0 Å². The summed E-state index contributed by atoms with van der Waals surface area (Å²) < 4.78 is 18.2. The molecule has 1 aliphatic carbocycles. The number of nitrogens with one attached hydrogen (secondary N) is 1. The van der Waals surface area contributed by atoms with Crippen LogP contribution in [0.3, 0.4) is 0 Å². The Morgan fingerprint density at radius 2 is 1.94 bits per heavy atom. The van der Waals surface area contributed by atoms with Crippen molar-refractivity contribution in [1.29, 1.82) is 0 Å². The summed E-state index contributed by atoms with van der Waals surface area (Å²) >= 11 is 0. The molecule has 0 unspecified atom stereocenters. The van der Waals surface area contributed by atoms with Gasteiger partial charge in [0, 0.05) is 12.0 Å². The highest BCUT2D eigenvalue weighted by molar-refractivity contribution is 5.32. The standard InChI is InChI=1S/C15H16FNO/c16-13-5-3-12(4-6-13)15(7-8-15)11-17-10-14-2-1-9-18-14/h1-6,9,17H,7-8,10-11H2. The average molecular weight is 245 g/mol. The predicted octanol–water partition coefficient (Wildman–Crippen LogP) is 3.24. The first kappa shape index (κ1) is 11.5. The summed E-state index contributed by atoms with van der Waals surface area (Å²) in [7, 11) is 0. The molecule has 18 heavy (non-hydrogen) atoms. The number of benzene rings is 1. The van der Waals surface area contributed by atoms with E-state index in [0.717, 1.165) is 18.8 Å². The molecule has 94 valence electrons. The molecule has 1 N–H and O–H groups in total. The van der Waals surface area contributed by atoms with E-state index in [2.05, 4.69) is 5.32 Å². The molecular formula is C15H16FNO. The van der Waals surface area contributed by atoms with Crippen LogP contribution in [-0.4, -0.2) is 6.54 Å². The van der Waals surface area contributed by atoms with Crippen LogP contribution in [-0.2, 0) is 12.0 Å². The summed E-state index contributed by atoms with van der Waals surface area (Å²) in [6, 6.07) is 10.7. The SMILES string of the molecule is Fc1ccc(C2(CNCc3ccco3)CC2)cc1. The fourth-order valence-electron chi connectivity index (χ4n) is 2.36. The van der Waals surface area contributed by atoms with E-state index in [9.17, 15) is 4.39 Å². The molecule has 3 rings (SSSR count). The largest absolute Gasteiger partial charge is 0.468 e. The second-order valence-electron chi connectivity index (χ2n) is 4.97. The van der Waals surface area contributed by atoms with Crippen molar-refractivity contribution in [3.8, 4) is 0 Å². The fraction of sp³-hybridized carbons (Fsp3) is 0.333. The molecule has 2 aromatic rings. The van der Waals surface area contributed by atoms with Crippen molar-refractivity contribution >= 4 is 0 Å². The molecule has 1 aromatic heterocycles. The van der Waals surface area contributed by atoms with Crippen LogP contribution in [0.4, 0.5) is 4.39 Å². The topological polar surface area (TPSA) is 25.2 Å². The molecule has 0 saturated heterocycles. The van der Waals surface area contributed by atoms with Crippen LogP contribution in [0, 0.1) is 5.82 Å².